The van der Waals surface area contributed by atoms with E-state index in [4.69, 9.17) is 36.3 Å². The fourth-order valence-corrected chi connectivity index (χ4v) is 2.94. The third kappa shape index (κ3) is 5.29. The van der Waals surface area contributed by atoms with Crippen LogP contribution in [0.15, 0.2) is 11.0 Å². The van der Waals surface area contributed by atoms with Crippen molar-refractivity contribution in [1.82, 2.24) is 9.55 Å². The van der Waals surface area contributed by atoms with Crippen molar-refractivity contribution in [3.8, 4) is 0 Å². The molecule has 0 aliphatic carbocycles. The molecule has 2 N–H and O–H groups in total. The second-order valence-corrected chi connectivity index (χ2v) is 6.39. The Balaban J connectivity index is 2.54. The van der Waals surface area contributed by atoms with Gasteiger partial charge in [-0.05, 0) is 0 Å². The fraction of sp³-hybridized carbons (Fsp3) is 0.500. The summed E-state index contributed by atoms with van der Waals surface area (Å²) in [6.07, 6.45) is -3.98. The number of carbonyl (C=O) groups excluding carboxylic acids is 4. The number of nitrogens with zero attached hydrogens (tertiary/aromatic N) is 2. The smallest absolute Gasteiger partial charge is 0.303 e. The molecule has 13 heteroatoms. The maximum atomic E-state index is 12.6. The Morgan fingerprint density at radius 1 is 1.14 bits per heavy atom. The standard InChI is InChI=1S/C16H18ClN3O9/c1-6(21)26-5-9-12(27-7(2)22)13(28-8(3)23)16(29-9)20-4-10(17)19-11(14(18)24)15(20)25/h4,9,12-13,16H,5H2,1-3H3,(H2,18,24)/t9-,12+,13+,16+/m0/s1. The molecule has 29 heavy (non-hydrogen) atoms. The normalized spacial score (nSPS) is 23.3. The molecule has 1 fully saturated rings. The molecule has 0 bridgehead atoms. The Labute approximate surface area is 168 Å². The van der Waals surface area contributed by atoms with Crippen LogP contribution in [-0.4, -0.2) is 58.3 Å². The Bertz CT molecular complexity index is 900. The number of rotatable bonds is 6. The van der Waals surface area contributed by atoms with Gasteiger partial charge in [-0.25, -0.2) is 4.98 Å². The SMILES string of the molecule is CC(=O)OC[C@@H]1O[C@@H](n2cc(Cl)nc(C(N)=O)c2=O)[C@H](OC(C)=O)[C@@H]1OC(C)=O. The van der Waals surface area contributed by atoms with E-state index in [9.17, 15) is 24.0 Å². The lowest BCUT2D eigenvalue weighted by Crippen LogP contribution is -2.42. The van der Waals surface area contributed by atoms with Crippen LogP contribution in [0.4, 0.5) is 0 Å². The molecule has 1 saturated heterocycles. The topological polar surface area (TPSA) is 166 Å². The van der Waals surface area contributed by atoms with Crippen LogP contribution in [0.3, 0.4) is 0 Å². The van der Waals surface area contributed by atoms with Gasteiger partial charge in [0, 0.05) is 27.0 Å². The number of primary amides is 1. The summed E-state index contributed by atoms with van der Waals surface area (Å²) in [5.74, 6) is -3.27. The summed E-state index contributed by atoms with van der Waals surface area (Å²) in [6, 6.07) is 0. The van der Waals surface area contributed by atoms with E-state index in [0.29, 0.717) is 0 Å². The Morgan fingerprint density at radius 2 is 1.72 bits per heavy atom. The predicted molar refractivity (Wildman–Crippen MR) is 93.7 cm³/mol. The van der Waals surface area contributed by atoms with Gasteiger partial charge in [-0.15, -0.1) is 0 Å². The van der Waals surface area contributed by atoms with E-state index in [1.807, 2.05) is 0 Å². The molecule has 0 unspecified atom stereocenters. The van der Waals surface area contributed by atoms with Crippen LogP contribution in [0.1, 0.15) is 37.5 Å². The van der Waals surface area contributed by atoms with Crippen molar-refractivity contribution >= 4 is 35.4 Å². The second-order valence-electron chi connectivity index (χ2n) is 6.00. The molecule has 2 heterocycles. The van der Waals surface area contributed by atoms with Gasteiger partial charge in [0.1, 0.15) is 17.9 Å². The lowest BCUT2D eigenvalue weighted by atomic mass is 10.1. The van der Waals surface area contributed by atoms with E-state index in [1.54, 1.807) is 0 Å². The van der Waals surface area contributed by atoms with Gasteiger partial charge in [0.25, 0.3) is 11.5 Å². The largest absolute Gasteiger partial charge is 0.463 e. The summed E-state index contributed by atoms with van der Waals surface area (Å²) in [4.78, 5) is 62.0. The quantitative estimate of drug-likeness (QED) is 0.450. The monoisotopic (exact) mass is 431 g/mol. The number of carbonyl (C=O) groups is 4. The van der Waals surface area contributed by atoms with Crippen LogP contribution in [-0.2, 0) is 33.3 Å². The van der Waals surface area contributed by atoms with E-state index in [2.05, 4.69) is 4.98 Å². The number of esters is 3. The maximum Gasteiger partial charge on any atom is 0.303 e. The molecule has 1 amide bonds. The Kier molecular flexibility index (Phi) is 6.93. The molecule has 158 valence electrons. The zero-order valence-corrected chi connectivity index (χ0v) is 16.4. The number of halogens is 1. The molecule has 12 nitrogen and oxygen atoms in total. The van der Waals surface area contributed by atoms with Crippen LogP contribution >= 0.6 is 11.6 Å². The highest BCUT2D eigenvalue weighted by Crippen LogP contribution is 2.34. The Morgan fingerprint density at radius 3 is 2.24 bits per heavy atom. The van der Waals surface area contributed by atoms with Crippen molar-refractivity contribution < 1.29 is 38.1 Å². The van der Waals surface area contributed by atoms with Crippen molar-refractivity contribution in [3.63, 3.8) is 0 Å². The summed E-state index contributed by atoms with van der Waals surface area (Å²) in [5, 5.41) is -0.268. The van der Waals surface area contributed by atoms with Gasteiger partial charge < -0.3 is 24.7 Å². The van der Waals surface area contributed by atoms with Crippen molar-refractivity contribution in [3.05, 3.63) is 27.4 Å². The number of hydrogen-bond acceptors (Lipinski definition) is 10. The third-order valence-electron chi connectivity index (χ3n) is 3.75. The Hall–Kier alpha value is -2.99. The molecule has 1 aliphatic rings. The number of amides is 1. The van der Waals surface area contributed by atoms with E-state index in [0.717, 1.165) is 31.5 Å². The van der Waals surface area contributed by atoms with Gasteiger partial charge in [0.05, 0.1) is 0 Å². The van der Waals surface area contributed by atoms with E-state index < -0.39 is 59.6 Å². The number of ether oxygens (including phenoxy) is 4. The van der Waals surface area contributed by atoms with E-state index in [-0.39, 0.29) is 11.8 Å². The average molecular weight is 432 g/mol. The van der Waals surface area contributed by atoms with Gasteiger partial charge in [-0.2, -0.15) is 0 Å². The minimum atomic E-state index is -1.38. The molecule has 1 aliphatic heterocycles. The first-order valence-corrected chi connectivity index (χ1v) is 8.60. The molecular formula is C16H18ClN3O9. The lowest BCUT2D eigenvalue weighted by Gasteiger charge is -2.24. The molecule has 1 aromatic rings. The minimum Gasteiger partial charge on any atom is -0.463 e. The maximum absolute atomic E-state index is 12.6. The summed E-state index contributed by atoms with van der Waals surface area (Å²) in [6.45, 7) is 3.00. The van der Waals surface area contributed by atoms with Crippen LogP contribution < -0.4 is 11.3 Å². The second kappa shape index (κ2) is 9.01. The zero-order chi connectivity index (χ0) is 21.9. The van der Waals surface area contributed by atoms with E-state index >= 15 is 0 Å². The van der Waals surface area contributed by atoms with Crippen LogP contribution in [0.2, 0.25) is 5.15 Å². The molecule has 1 aromatic heterocycles. The molecule has 4 atom stereocenters. The first-order valence-electron chi connectivity index (χ1n) is 8.23. The summed E-state index contributed by atoms with van der Waals surface area (Å²) in [5.41, 5.74) is 3.50. The zero-order valence-electron chi connectivity index (χ0n) is 15.6. The molecule has 0 spiro atoms. The lowest BCUT2D eigenvalue weighted by molar-refractivity contribution is -0.166. The highest BCUT2D eigenvalue weighted by molar-refractivity contribution is 6.29. The van der Waals surface area contributed by atoms with Crippen LogP contribution in [0.5, 0.6) is 0 Å². The molecule has 0 radical (unpaired) electrons. The number of aromatic nitrogens is 2. The first kappa shape index (κ1) is 22.3. The van der Waals surface area contributed by atoms with Gasteiger partial charge in [-0.3, -0.25) is 28.5 Å². The van der Waals surface area contributed by atoms with E-state index in [1.165, 1.54) is 0 Å². The summed E-state index contributed by atoms with van der Waals surface area (Å²) < 4.78 is 21.8. The van der Waals surface area contributed by atoms with Crippen molar-refractivity contribution in [2.45, 2.75) is 45.3 Å². The fourth-order valence-electron chi connectivity index (χ4n) is 2.75. The van der Waals surface area contributed by atoms with Gasteiger partial charge >= 0.3 is 17.9 Å². The predicted octanol–water partition coefficient (Wildman–Crippen LogP) is -0.680. The van der Waals surface area contributed by atoms with Crippen LogP contribution in [0.25, 0.3) is 0 Å². The molecule has 2 rings (SSSR count). The summed E-state index contributed by atoms with van der Waals surface area (Å²) >= 11 is 5.86. The minimum absolute atomic E-state index is 0.268. The van der Waals surface area contributed by atoms with Crippen molar-refractivity contribution in [1.29, 1.82) is 0 Å². The van der Waals surface area contributed by atoms with Crippen LogP contribution in [0, 0.1) is 0 Å². The first-order chi connectivity index (χ1) is 13.5. The molecule has 0 aromatic carbocycles. The average Bonchev–Trinajstić information content (AvgIpc) is 2.91. The van der Waals surface area contributed by atoms with Crippen molar-refractivity contribution in [2.24, 2.45) is 5.73 Å². The highest BCUT2D eigenvalue weighted by Gasteiger charge is 2.51. The third-order valence-corrected chi connectivity index (χ3v) is 3.93. The van der Waals surface area contributed by atoms with Crippen molar-refractivity contribution in [2.75, 3.05) is 6.61 Å². The van der Waals surface area contributed by atoms with Gasteiger partial charge in [-0.1, -0.05) is 11.6 Å². The summed E-state index contributed by atoms with van der Waals surface area (Å²) in [7, 11) is 0. The molecule has 0 saturated carbocycles. The number of nitrogens with two attached hydrogens (primary N) is 1. The van der Waals surface area contributed by atoms with Gasteiger partial charge in [0.2, 0.25) is 0 Å². The van der Waals surface area contributed by atoms with Gasteiger partial charge in [0.15, 0.2) is 24.1 Å². The number of hydrogen-bond donors (Lipinski definition) is 1. The molecular weight excluding hydrogens is 414 g/mol. The highest BCUT2D eigenvalue weighted by atomic mass is 35.5.